The molecule has 0 saturated carbocycles. The largest absolute Gasteiger partial charge is 0.495 e. The third kappa shape index (κ3) is 4.60. The summed E-state index contributed by atoms with van der Waals surface area (Å²) in [5.74, 6) is 0.758. The van der Waals surface area contributed by atoms with E-state index in [2.05, 4.69) is 41.5 Å². The second kappa shape index (κ2) is 8.39. The molecule has 0 aliphatic carbocycles. The SMILES string of the molecule is CCN(CC)c1ccc(NC(=S)Nc2ccccc2OC)cc1. The molecule has 0 spiro atoms. The minimum absolute atomic E-state index is 0.532. The molecule has 4 nitrogen and oxygen atoms in total. The number of nitrogens with zero attached hydrogens (tertiary/aromatic N) is 1. The van der Waals surface area contributed by atoms with E-state index in [-0.39, 0.29) is 0 Å². The van der Waals surface area contributed by atoms with Crippen LogP contribution in [-0.2, 0) is 0 Å². The van der Waals surface area contributed by atoms with Crippen LogP contribution in [0, 0.1) is 0 Å². The number of methoxy groups -OCH3 is 1. The zero-order valence-electron chi connectivity index (χ0n) is 13.8. The quantitative estimate of drug-likeness (QED) is 0.771. The average Bonchev–Trinajstić information content (AvgIpc) is 2.58. The molecule has 0 amide bonds. The van der Waals surface area contributed by atoms with Crippen LogP contribution in [0.4, 0.5) is 17.1 Å². The van der Waals surface area contributed by atoms with Crippen LogP contribution < -0.4 is 20.3 Å². The van der Waals surface area contributed by atoms with E-state index in [0.29, 0.717) is 5.11 Å². The number of rotatable bonds is 6. The Labute approximate surface area is 143 Å². The topological polar surface area (TPSA) is 36.5 Å². The molecule has 0 saturated heterocycles. The van der Waals surface area contributed by atoms with E-state index in [0.717, 1.165) is 30.2 Å². The Morgan fingerprint density at radius 1 is 1.00 bits per heavy atom. The van der Waals surface area contributed by atoms with Crippen LogP contribution in [0.25, 0.3) is 0 Å². The summed E-state index contributed by atoms with van der Waals surface area (Å²) >= 11 is 5.37. The van der Waals surface area contributed by atoms with Crippen molar-refractivity contribution in [2.24, 2.45) is 0 Å². The number of nitrogens with one attached hydrogen (secondary N) is 2. The van der Waals surface area contributed by atoms with Crippen molar-refractivity contribution in [3.8, 4) is 5.75 Å². The summed E-state index contributed by atoms with van der Waals surface area (Å²) in [4.78, 5) is 2.30. The van der Waals surface area contributed by atoms with Gasteiger partial charge in [-0.2, -0.15) is 0 Å². The first kappa shape index (κ1) is 17.1. The highest BCUT2D eigenvalue weighted by Gasteiger charge is 2.05. The first-order valence-electron chi connectivity index (χ1n) is 7.74. The molecule has 0 fully saturated rings. The molecule has 122 valence electrons. The Balaban J connectivity index is 2.00. The molecule has 2 aromatic carbocycles. The molecule has 0 heterocycles. The number of para-hydroxylation sites is 2. The molecular weight excluding hydrogens is 306 g/mol. The molecule has 23 heavy (non-hydrogen) atoms. The fourth-order valence-electron chi connectivity index (χ4n) is 2.38. The predicted octanol–water partition coefficient (Wildman–Crippen LogP) is 4.35. The molecule has 2 rings (SSSR count). The summed E-state index contributed by atoms with van der Waals surface area (Å²) < 4.78 is 5.31. The van der Waals surface area contributed by atoms with Gasteiger partial charge in [0.1, 0.15) is 5.75 Å². The number of hydrogen-bond donors (Lipinski definition) is 2. The maximum absolute atomic E-state index is 5.37. The summed E-state index contributed by atoms with van der Waals surface area (Å²) in [5.41, 5.74) is 3.00. The highest BCUT2D eigenvalue weighted by atomic mass is 32.1. The van der Waals surface area contributed by atoms with Gasteiger partial charge in [-0.05, 0) is 62.5 Å². The van der Waals surface area contributed by atoms with Gasteiger partial charge in [-0.15, -0.1) is 0 Å². The maximum Gasteiger partial charge on any atom is 0.175 e. The number of benzene rings is 2. The van der Waals surface area contributed by atoms with Crippen LogP contribution >= 0.6 is 12.2 Å². The standard InChI is InChI=1S/C18H23N3OS/c1-4-21(5-2)15-12-10-14(11-13-15)19-18(23)20-16-8-6-7-9-17(16)22-3/h6-13H,4-5H2,1-3H3,(H2,19,20,23). The van der Waals surface area contributed by atoms with E-state index in [4.69, 9.17) is 17.0 Å². The lowest BCUT2D eigenvalue weighted by molar-refractivity contribution is 0.417. The van der Waals surface area contributed by atoms with Crippen molar-refractivity contribution in [2.45, 2.75) is 13.8 Å². The number of anilines is 3. The third-order valence-electron chi connectivity index (χ3n) is 3.61. The van der Waals surface area contributed by atoms with Gasteiger partial charge in [0.2, 0.25) is 0 Å². The van der Waals surface area contributed by atoms with Crippen molar-refractivity contribution < 1.29 is 4.74 Å². The Kier molecular flexibility index (Phi) is 6.23. The molecule has 0 aromatic heterocycles. The number of thiocarbonyl (C=S) groups is 1. The van der Waals surface area contributed by atoms with Gasteiger partial charge in [0.15, 0.2) is 5.11 Å². The molecular formula is C18H23N3OS. The monoisotopic (exact) mass is 329 g/mol. The van der Waals surface area contributed by atoms with Crippen molar-refractivity contribution in [1.82, 2.24) is 0 Å². The highest BCUT2D eigenvalue weighted by molar-refractivity contribution is 7.80. The molecule has 0 atom stereocenters. The average molecular weight is 329 g/mol. The smallest absolute Gasteiger partial charge is 0.175 e. The van der Waals surface area contributed by atoms with Crippen molar-refractivity contribution in [3.05, 3.63) is 48.5 Å². The van der Waals surface area contributed by atoms with E-state index >= 15 is 0 Å². The van der Waals surface area contributed by atoms with Crippen LogP contribution in [0.1, 0.15) is 13.8 Å². The normalized spacial score (nSPS) is 10.0. The fourth-order valence-corrected chi connectivity index (χ4v) is 2.60. The molecule has 0 unspecified atom stereocenters. The van der Waals surface area contributed by atoms with Crippen molar-refractivity contribution in [2.75, 3.05) is 35.7 Å². The van der Waals surface area contributed by atoms with E-state index in [1.807, 2.05) is 36.4 Å². The van der Waals surface area contributed by atoms with Crippen LogP contribution in [-0.4, -0.2) is 25.3 Å². The minimum Gasteiger partial charge on any atom is -0.495 e. The molecule has 0 radical (unpaired) electrons. The molecule has 2 aromatic rings. The van der Waals surface area contributed by atoms with Gasteiger partial charge >= 0.3 is 0 Å². The summed E-state index contributed by atoms with van der Waals surface area (Å²) in [6.45, 7) is 6.30. The van der Waals surface area contributed by atoms with E-state index in [1.54, 1.807) is 7.11 Å². The first-order chi connectivity index (χ1) is 11.2. The summed E-state index contributed by atoms with van der Waals surface area (Å²) in [5, 5.41) is 6.88. The Bertz CT molecular complexity index is 639. The van der Waals surface area contributed by atoms with Crippen molar-refractivity contribution in [1.29, 1.82) is 0 Å². The summed E-state index contributed by atoms with van der Waals surface area (Å²) in [6.07, 6.45) is 0. The van der Waals surface area contributed by atoms with Gasteiger partial charge in [-0.3, -0.25) is 0 Å². The maximum atomic E-state index is 5.37. The van der Waals surface area contributed by atoms with E-state index in [1.165, 1.54) is 5.69 Å². The van der Waals surface area contributed by atoms with Crippen LogP contribution in [0.15, 0.2) is 48.5 Å². The Hall–Kier alpha value is -2.27. The fraction of sp³-hybridized carbons (Fsp3) is 0.278. The predicted molar refractivity (Wildman–Crippen MR) is 103 cm³/mol. The molecule has 5 heteroatoms. The minimum atomic E-state index is 0.532. The van der Waals surface area contributed by atoms with Gasteiger partial charge in [0, 0.05) is 24.5 Å². The third-order valence-corrected chi connectivity index (χ3v) is 3.81. The molecule has 0 aliphatic rings. The second-order valence-corrected chi connectivity index (χ2v) is 5.41. The Morgan fingerprint density at radius 3 is 2.26 bits per heavy atom. The van der Waals surface area contributed by atoms with Gasteiger partial charge in [0.25, 0.3) is 0 Å². The zero-order chi connectivity index (χ0) is 16.7. The lowest BCUT2D eigenvalue weighted by Gasteiger charge is -2.21. The molecule has 2 N–H and O–H groups in total. The Morgan fingerprint density at radius 2 is 1.65 bits per heavy atom. The van der Waals surface area contributed by atoms with E-state index in [9.17, 15) is 0 Å². The summed E-state index contributed by atoms with van der Waals surface area (Å²) in [7, 11) is 1.64. The number of ether oxygens (including phenoxy) is 1. The number of hydrogen-bond acceptors (Lipinski definition) is 3. The molecule has 0 aliphatic heterocycles. The summed E-state index contributed by atoms with van der Waals surface area (Å²) in [6, 6.07) is 15.9. The zero-order valence-corrected chi connectivity index (χ0v) is 14.6. The second-order valence-electron chi connectivity index (χ2n) is 5.00. The van der Waals surface area contributed by atoms with Crippen LogP contribution in [0.3, 0.4) is 0 Å². The van der Waals surface area contributed by atoms with Gasteiger partial charge in [0.05, 0.1) is 12.8 Å². The van der Waals surface area contributed by atoms with Gasteiger partial charge in [-0.1, -0.05) is 12.1 Å². The van der Waals surface area contributed by atoms with Crippen LogP contribution in [0.5, 0.6) is 5.75 Å². The highest BCUT2D eigenvalue weighted by Crippen LogP contribution is 2.23. The molecule has 0 bridgehead atoms. The van der Waals surface area contributed by atoms with Crippen LogP contribution in [0.2, 0.25) is 0 Å². The lowest BCUT2D eigenvalue weighted by Crippen LogP contribution is -2.22. The van der Waals surface area contributed by atoms with Crippen molar-refractivity contribution >= 4 is 34.4 Å². The van der Waals surface area contributed by atoms with Gasteiger partial charge < -0.3 is 20.3 Å². The first-order valence-corrected chi connectivity index (χ1v) is 8.14. The van der Waals surface area contributed by atoms with E-state index < -0.39 is 0 Å². The van der Waals surface area contributed by atoms with Gasteiger partial charge in [-0.25, -0.2) is 0 Å². The van der Waals surface area contributed by atoms with Crippen molar-refractivity contribution in [3.63, 3.8) is 0 Å². The lowest BCUT2D eigenvalue weighted by atomic mass is 10.2.